The number of carboxylic acid groups (broad SMARTS) is 1. The standard InChI is InChI=1S/C12H18F4O2/c1-2-3-4-5-6-7-8-9-11(13,10(17)18)12(14,15)16/h7-8H,2-6,9H2,1H3,(H,17,18). The van der Waals surface area contributed by atoms with Crippen LogP contribution in [0, 0.1) is 0 Å². The van der Waals surface area contributed by atoms with E-state index < -0.39 is 24.2 Å². The molecule has 0 aliphatic heterocycles. The highest BCUT2D eigenvalue weighted by atomic mass is 19.4. The molecular formula is C12H18F4O2. The highest BCUT2D eigenvalue weighted by molar-refractivity contribution is 5.78. The average molecular weight is 270 g/mol. The largest absolute Gasteiger partial charge is 0.479 e. The highest BCUT2D eigenvalue weighted by Crippen LogP contribution is 2.37. The molecule has 0 radical (unpaired) electrons. The maximum Gasteiger partial charge on any atom is 0.433 e. The Bertz CT molecular complexity index is 286. The minimum Gasteiger partial charge on any atom is -0.479 e. The summed E-state index contributed by atoms with van der Waals surface area (Å²) in [6.07, 6.45) is 0.163. The number of halogens is 4. The van der Waals surface area contributed by atoms with Gasteiger partial charge in [0.2, 0.25) is 0 Å². The van der Waals surface area contributed by atoms with Crippen molar-refractivity contribution < 1.29 is 27.5 Å². The molecule has 0 aliphatic rings. The van der Waals surface area contributed by atoms with Gasteiger partial charge in [0.15, 0.2) is 0 Å². The number of carboxylic acids is 1. The van der Waals surface area contributed by atoms with Crippen LogP contribution >= 0.6 is 0 Å². The number of unbranched alkanes of at least 4 members (excludes halogenated alkanes) is 4. The van der Waals surface area contributed by atoms with Gasteiger partial charge in [-0.3, -0.25) is 0 Å². The number of hydrogen-bond donors (Lipinski definition) is 1. The second-order valence-electron chi connectivity index (χ2n) is 4.13. The number of allylic oxidation sites excluding steroid dienone is 2. The van der Waals surface area contributed by atoms with E-state index in [0.717, 1.165) is 31.8 Å². The smallest absolute Gasteiger partial charge is 0.433 e. The SMILES string of the molecule is CCCCCCC=CCC(F)(C(=O)O)C(F)(F)F. The predicted octanol–water partition coefficient (Wildman–Crippen LogP) is 4.26. The van der Waals surface area contributed by atoms with Crippen molar-refractivity contribution in [3.05, 3.63) is 12.2 Å². The van der Waals surface area contributed by atoms with Crippen molar-refractivity contribution in [1.82, 2.24) is 0 Å². The van der Waals surface area contributed by atoms with Crippen LogP contribution in [-0.4, -0.2) is 22.9 Å². The van der Waals surface area contributed by atoms with Crippen molar-refractivity contribution >= 4 is 5.97 Å². The van der Waals surface area contributed by atoms with Gasteiger partial charge in [0.25, 0.3) is 0 Å². The van der Waals surface area contributed by atoms with E-state index in [4.69, 9.17) is 5.11 Å². The average Bonchev–Trinajstić information content (AvgIpc) is 2.25. The molecule has 106 valence electrons. The van der Waals surface area contributed by atoms with Crippen molar-refractivity contribution in [3.63, 3.8) is 0 Å². The van der Waals surface area contributed by atoms with Gasteiger partial charge in [-0.25, -0.2) is 9.18 Å². The molecule has 0 amide bonds. The summed E-state index contributed by atoms with van der Waals surface area (Å²) in [6.45, 7) is 2.03. The van der Waals surface area contributed by atoms with Crippen LogP contribution in [0.4, 0.5) is 17.6 Å². The van der Waals surface area contributed by atoms with Crippen molar-refractivity contribution in [2.24, 2.45) is 0 Å². The van der Waals surface area contributed by atoms with Crippen LogP contribution in [0.5, 0.6) is 0 Å². The first-order chi connectivity index (χ1) is 8.25. The summed E-state index contributed by atoms with van der Waals surface area (Å²) in [4.78, 5) is 10.3. The second-order valence-corrected chi connectivity index (χ2v) is 4.13. The first-order valence-corrected chi connectivity index (χ1v) is 5.89. The molecule has 0 aromatic rings. The molecule has 6 heteroatoms. The lowest BCUT2D eigenvalue weighted by Gasteiger charge is -2.21. The minimum atomic E-state index is -5.40. The van der Waals surface area contributed by atoms with Gasteiger partial charge in [-0.1, -0.05) is 38.3 Å². The topological polar surface area (TPSA) is 37.3 Å². The lowest BCUT2D eigenvalue weighted by Crippen LogP contribution is -2.47. The van der Waals surface area contributed by atoms with E-state index in [2.05, 4.69) is 0 Å². The molecule has 0 aromatic heterocycles. The lowest BCUT2D eigenvalue weighted by atomic mass is 10.0. The zero-order chi connectivity index (χ0) is 14.2. The predicted molar refractivity (Wildman–Crippen MR) is 60.0 cm³/mol. The molecule has 0 bridgehead atoms. The van der Waals surface area contributed by atoms with Crippen LogP contribution in [0.25, 0.3) is 0 Å². The molecule has 0 spiro atoms. The third-order valence-corrected chi connectivity index (χ3v) is 2.58. The van der Waals surface area contributed by atoms with E-state index >= 15 is 0 Å². The molecule has 0 fully saturated rings. The van der Waals surface area contributed by atoms with E-state index in [-0.39, 0.29) is 0 Å². The summed E-state index contributed by atoms with van der Waals surface area (Å²) in [5, 5.41) is 8.31. The minimum absolute atomic E-state index is 0.535. The third kappa shape index (κ3) is 5.06. The molecule has 1 atom stereocenters. The van der Waals surface area contributed by atoms with Crippen molar-refractivity contribution in [1.29, 1.82) is 0 Å². The number of rotatable bonds is 8. The fourth-order valence-corrected chi connectivity index (χ4v) is 1.38. The molecule has 1 unspecified atom stereocenters. The van der Waals surface area contributed by atoms with Crippen LogP contribution in [0.2, 0.25) is 0 Å². The Morgan fingerprint density at radius 3 is 2.17 bits per heavy atom. The van der Waals surface area contributed by atoms with Crippen LogP contribution in [-0.2, 0) is 4.79 Å². The number of aliphatic carboxylic acids is 1. The first-order valence-electron chi connectivity index (χ1n) is 5.89. The van der Waals surface area contributed by atoms with E-state index in [0.29, 0.717) is 6.42 Å². The number of carbonyl (C=O) groups is 1. The van der Waals surface area contributed by atoms with Gasteiger partial charge in [0.1, 0.15) is 0 Å². The molecule has 2 nitrogen and oxygen atoms in total. The summed E-state index contributed by atoms with van der Waals surface area (Å²) >= 11 is 0. The molecule has 0 heterocycles. The van der Waals surface area contributed by atoms with Crippen molar-refractivity contribution in [2.75, 3.05) is 0 Å². The van der Waals surface area contributed by atoms with Crippen molar-refractivity contribution in [3.8, 4) is 0 Å². The number of alkyl halides is 4. The Morgan fingerprint density at radius 2 is 1.72 bits per heavy atom. The van der Waals surface area contributed by atoms with Gasteiger partial charge in [-0.05, 0) is 12.8 Å². The Balaban J connectivity index is 4.22. The van der Waals surface area contributed by atoms with Crippen LogP contribution < -0.4 is 0 Å². The maximum atomic E-state index is 13.3. The van der Waals surface area contributed by atoms with E-state index in [1.807, 2.05) is 6.92 Å². The zero-order valence-electron chi connectivity index (χ0n) is 10.3. The van der Waals surface area contributed by atoms with Crippen LogP contribution in [0.15, 0.2) is 12.2 Å². The van der Waals surface area contributed by atoms with E-state index in [9.17, 15) is 22.4 Å². The summed E-state index contributed by atoms with van der Waals surface area (Å²) < 4.78 is 50.0. The summed E-state index contributed by atoms with van der Waals surface area (Å²) in [5.41, 5.74) is -4.19. The van der Waals surface area contributed by atoms with Crippen LogP contribution in [0.1, 0.15) is 45.4 Å². The molecule has 18 heavy (non-hydrogen) atoms. The normalized spacial score (nSPS) is 15.8. The van der Waals surface area contributed by atoms with Crippen molar-refractivity contribution in [2.45, 2.75) is 57.3 Å². The fraction of sp³-hybridized carbons (Fsp3) is 0.750. The van der Waals surface area contributed by atoms with Gasteiger partial charge in [0.05, 0.1) is 0 Å². The first kappa shape index (κ1) is 16.9. The molecule has 0 aromatic carbocycles. The zero-order valence-corrected chi connectivity index (χ0v) is 10.3. The molecule has 1 N–H and O–H groups in total. The van der Waals surface area contributed by atoms with Gasteiger partial charge < -0.3 is 5.11 Å². The molecular weight excluding hydrogens is 252 g/mol. The van der Waals surface area contributed by atoms with E-state index in [1.165, 1.54) is 6.08 Å². The molecule has 0 rings (SSSR count). The fourth-order valence-electron chi connectivity index (χ4n) is 1.38. The maximum absolute atomic E-state index is 13.3. The summed E-state index contributed by atoms with van der Waals surface area (Å²) in [7, 11) is 0. The third-order valence-electron chi connectivity index (χ3n) is 2.58. The highest BCUT2D eigenvalue weighted by Gasteiger charge is 2.61. The number of hydrogen-bond acceptors (Lipinski definition) is 1. The monoisotopic (exact) mass is 270 g/mol. The van der Waals surface area contributed by atoms with Gasteiger partial charge in [-0.15, -0.1) is 0 Å². The second kappa shape index (κ2) is 7.38. The Morgan fingerprint density at radius 1 is 1.11 bits per heavy atom. The Hall–Kier alpha value is -1.07. The van der Waals surface area contributed by atoms with E-state index in [1.54, 1.807) is 0 Å². The van der Waals surface area contributed by atoms with Gasteiger partial charge in [0, 0.05) is 6.42 Å². The quantitative estimate of drug-likeness (QED) is 0.406. The lowest BCUT2D eigenvalue weighted by molar-refractivity contribution is -0.235. The summed E-state index contributed by atoms with van der Waals surface area (Å²) in [6, 6.07) is 0. The van der Waals surface area contributed by atoms with Gasteiger partial charge in [-0.2, -0.15) is 13.2 Å². The molecule has 0 saturated heterocycles. The van der Waals surface area contributed by atoms with Gasteiger partial charge >= 0.3 is 17.8 Å². The molecule has 0 aliphatic carbocycles. The van der Waals surface area contributed by atoms with Crippen LogP contribution in [0.3, 0.4) is 0 Å². The molecule has 0 saturated carbocycles. The summed E-state index contributed by atoms with van der Waals surface area (Å²) in [5.74, 6) is -2.49. The Kier molecular flexibility index (Phi) is 6.94. The Labute approximate surface area is 104 Å².